The summed E-state index contributed by atoms with van der Waals surface area (Å²) >= 11 is 5.63. The molecule has 0 unspecified atom stereocenters. The van der Waals surface area contributed by atoms with Crippen molar-refractivity contribution >= 4 is 28.7 Å². The van der Waals surface area contributed by atoms with E-state index in [0.29, 0.717) is 0 Å². The second kappa shape index (κ2) is 5.86. The highest BCUT2D eigenvalue weighted by Crippen LogP contribution is 2.27. The van der Waals surface area contributed by atoms with Gasteiger partial charge < -0.3 is 10.2 Å². The van der Waals surface area contributed by atoms with Gasteiger partial charge in [-0.05, 0) is 73.8 Å². The highest BCUT2D eigenvalue weighted by atomic mass is 32.1. The number of rotatable bonds is 1. The van der Waals surface area contributed by atoms with Crippen LogP contribution >= 0.6 is 12.2 Å². The molecule has 0 atom stereocenters. The maximum atomic E-state index is 5.63. The molecule has 2 nitrogen and oxygen atoms in total. The molecule has 0 amide bonds. The minimum atomic E-state index is 0.784. The van der Waals surface area contributed by atoms with Crippen molar-refractivity contribution < 1.29 is 0 Å². The predicted molar refractivity (Wildman–Crippen MR) is 94.2 cm³/mol. The van der Waals surface area contributed by atoms with E-state index in [4.69, 9.17) is 12.2 Å². The van der Waals surface area contributed by atoms with Gasteiger partial charge in [0.15, 0.2) is 5.11 Å². The summed E-state index contributed by atoms with van der Waals surface area (Å²) in [5.41, 5.74) is 6.19. The van der Waals surface area contributed by atoms with E-state index in [1.54, 1.807) is 0 Å². The van der Waals surface area contributed by atoms with Crippen LogP contribution in [0, 0.1) is 13.8 Å². The molecule has 0 saturated heterocycles. The Labute approximate surface area is 131 Å². The molecule has 3 heteroatoms. The van der Waals surface area contributed by atoms with Crippen molar-refractivity contribution in [1.82, 2.24) is 0 Å². The molecule has 1 N–H and O–H groups in total. The average Bonchev–Trinajstić information content (AvgIpc) is 2.45. The summed E-state index contributed by atoms with van der Waals surface area (Å²) in [6.07, 6.45) is 2.28. The summed E-state index contributed by atoms with van der Waals surface area (Å²) in [5, 5.41) is 4.18. The van der Waals surface area contributed by atoms with E-state index in [1.807, 2.05) is 0 Å². The van der Waals surface area contributed by atoms with Crippen LogP contribution in [0.15, 0.2) is 42.5 Å². The van der Waals surface area contributed by atoms with Crippen LogP contribution in [-0.2, 0) is 6.42 Å². The number of hydrogen-bond acceptors (Lipinski definition) is 1. The van der Waals surface area contributed by atoms with Gasteiger partial charge in [-0.2, -0.15) is 0 Å². The summed E-state index contributed by atoms with van der Waals surface area (Å²) in [4.78, 5) is 2.21. The lowest BCUT2D eigenvalue weighted by Crippen LogP contribution is -2.38. The molecule has 3 rings (SSSR count). The first-order chi connectivity index (χ1) is 10.1. The number of thiocarbonyl (C=S) groups is 1. The Morgan fingerprint density at radius 1 is 1.10 bits per heavy atom. The first-order valence-electron chi connectivity index (χ1n) is 7.38. The van der Waals surface area contributed by atoms with Crippen molar-refractivity contribution in [3.8, 4) is 0 Å². The monoisotopic (exact) mass is 296 g/mol. The molecule has 1 aliphatic heterocycles. The van der Waals surface area contributed by atoms with Crippen molar-refractivity contribution in [2.45, 2.75) is 26.7 Å². The SMILES string of the molecule is Cc1cc(C)cc(NC(=S)N2CCCc3ccccc32)c1. The van der Waals surface area contributed by atoms with Crippen LogP contribution in [0.2, 0.25) is 0 Å². The molecular formula is C18H20N2S. The molecule has 0 aliphatic carbocycles. The Bertz CT molecular complexity index is 658. The number of aryl methyl sites for hydroxylation is 3. The van der Waals surface area contributed by atoms with Gasteiger partial charge in [-0.1, -0.05) is 24.3 Å². The van der Waals surface area contributed by atoms with Gasteiger partial charge in [-0.25, -0.2) is 0 Å². The summed E-state index contributed by atoms with van der Waals surface area (Å²) in [7, 11) is 0. The maximum absolute atomic E-state index is 5.63. The van der Waals surface area contributed by atoms with Crippen LogP contribution in [0.3, 0.4) is 0 Å². The molecule has 0 saturated carbocycles. The first kappa shape index (κ1) is 14.1. The Kier molecular flexibility index (Phi) is 3.93. The molecule has 2 aromatic carbocycles. The van der Waals surface area contributed by atoms with Crippen LogP contribution in [0.1, 0.15) is 23.1 Å². The Hall–Kier alpha value is -1.87. The number of fused-ring (bicyclic) bond motifs is 1. The van der Waals surface area contributed by atoms with Crippen LogP contribution in [-0.4, -0.2) is 11.7 Å². The normalized spacial score (nSPS) is 13.7. The van der Waals surface area contributed by atoms with Gasteiger partial charge in [0.25, 0.3) is 0 Å². The maximum Gasteiger partial charge on any atom is 0.177 e. The third-order valence-corrected chi connectivity index (χ3v) is 4.15. The zero-order chi connectivity index (χ0) is 14.8. The number of nitrogens with zero attached hydrogens (tertiary/aromatic N) is 1. The number of benzene rings is 2. The lowest BCUT2D eigenvalue weighted by Gasteiger charge is -2.31. The number of nitrogens with one attached hydrogen (secondary N) is 1. The quantitative estimate of drug-likeness (QED) is 0.783. The second-order valence-corrected chi connectivity index (χ2v) is 6.08. The van der Waals surface area contributed by atoms with Crippen LogP contribution in [0.25, 0.3) is 0 Å². The van der Waals surface area contributed by atoms with Crippen LogP contribution in [0.5, 0.6) is 0 Å². The van der Waals surface area contributed by atoms with E-state index in [9.17, 15) is 0 Å². The summed E-state index contributed by atoms with van der Waals surface area (Å²) < 4.78 is 0. The van der Waals surface area contributed by atoms with E-state index >= 15 is 0 Å². The van der Waals surface area contributed by atoms with Crippen molar-refractivity contribution in [2.75, 3.05) is 16.8 Å². The summed E-state index contributed by atoms with van der Waals surface area (Å²) in [5.74, 6) is 0. The topological polar surface area (TPSA) is 15.3 Å². The highest BCUT2D eigenvalue weighted by Gasteiger charge is 2.19. The number of para-hydroxylation sites is 1. The lowest BCUT2D eigenvalue weighted by atomic mass is 10.0. The second-order valence-electron chi connectivity index (χ2n) is 5.69. The molecule has 108 valence electrons. The first-order valence-corrected chi connectivity index (χ1v) is 7.79. The molecule has 21 heavy (non-hydrogen) atoms. The molecule has 0 spiro atoms. The molecule has 1 heterocycles. The molecule has 0 radical (unpaired) electrons. The van der Waals surface area contributed by atoms with E-state index in [0.717, 1.165) is 30.2 Å². The van der Waals surface area contributed by atoms with Crippen LogP contribution in [0.4, 0.5) is 11.4 Å². The van der Waals surface area contributed by atoms with E-state index in [2.05, 4.69) is 66.5 Å². The van der Waals surface area contributed by atoms with Crippen molar-refractivity contribution in [3.05, 3.63) is 59.2 Å². The fourth-order valence-corrected chi connectivity index (χ4v) is 3.29. The number of hydrogen-bond donors (Lipinski definition) is 1. The lowest BCUT2D eigenvalue weighted by molar-refractivity contribution is 0.781. The summed E-state index contributed by atoms with van der Waals surface area (Å²) in [6.45, 7) is 5.20. The van der Waals surface area contributed by atoms with Gasteiger partial charge in [0.2, 0.25) is 0 Å². The fourth-order valence-electron chi connectivity index (χ4n) is 2.98. The Balaban J connectivity index is 1.83. The molecule has 2 aromatic rings. The third-order valence-electron chi connectivity index (χ3n) is 3.83. The minimum Gasteiger partial charge on any atom is -0.332 e. The number of anilines is 2. The molecular weight excluding hydrogens is 276 g/mol. The molecule has 1 aliphatic rings. The Morgan fingerprint density at radius 3 is 2.57 bits per heavy atom. The largest absolute Gasteiger partial charge is 0.332 e. The van der Waals surface area contributed by atoms with Gasteiger partial charge >= 0.3 is 0 Å². The van der Waals surface area contributed by atoms with Crippen molar-refractivity contribution in [3.63, 3.8) is 0 Å². The highest BCUT2D eigenvalue weighted by molar-refractivity contribution is 7.80. The third kappa shape index (κ3) is 3.08. The van der Waals surface area contributed by atoms with Crippen molar-refractivity contribution in [2.24, 2.45) is 0 Å². The van der Waals surface area contributed by atoms with Gasteiger partial charge in [-0.3, -0.25) is 0 Å². The molecule has 0 aromatic heterocycles. The zero-order valence-electron chi connectivity index (χ0n) is 12.5. The molecule has 0 bridgehead atoms. The average molecular weight is 296 g/mol. The van der Waals surface area contributed by atoms with Crippen molar-refractivity contribution in [1.29, 1.82) is 0 Å². The standard InChI is InChI=1S/C18H20N2S/c1-13-10-14(2)12-16(11-13)19-18(21)20-9-5-7-15-6-3-4-8-17(15)20/h3-4,6,8,10-12H,5,7,9H2,1-2H3,(H,19,21). The van der Waals surface area contributed by atoms with E-state index in [1.165, 1.54) is 22.4 Å². The van der Waals surface area contributed by atoms with Gasteiger partial charge in [0.05, 0.1) is 0 Å². The minimum absolute atomic E-state index is 0.784. The van der Waals surface area contributed by atoms with Crippen LogP contribution < -0.4 is 10.2 Å². The Morgan fingerprint density at radius 2 is 1.81 bits per heavy atom. The van der Waals surface area contributed by atoms with Gasteiger partial charge in [-0.15, -0.1) is 0 Å². The van der Waals surface area contributed by atoms with Gasteiger partial charge in [0.1, 0.15) is 0 Å². The van der Waals surface area contributed by atoms with Gasteiger partial charge in [0, 0.05) is 17.9 Å². The fraction of sp³-hybridized carbons (Fsp3) is 0.278. The smallest absolute Gasteiger partial charge is 0.177 e. The molecule has 0 fully saturated rings. The van der Waals surface area contributed by atoms with E-state index in [-0.39, 0.29) is 0 Å². The predicted octanol–water partition coefficient (Wildman–Crippen LogP) is 4.45. The van der Waals surface area contributed by atoms with E-state index < -0.39 is 0 Å². The summed E-state index contributed by atoms with van der Waals surface area (Å²) in [6, 6.07) is 15.0. The zero-order valence-corrected chi connectivity index (χ0v) is 13.3.